The zero-order chi connectivity index (χ0) is 15.2. The molecule has 0 radical (unpaired) electrons. The highest BCUT2D eigenvalue weighted by Crippen LogP contribution is 2.18. The van der Waals surface area contributed by atoms with Crippen LogP contribution in [0.5, 0.6) is 5.75 Å². The highest BCUT2D eigenvalue weighted by molar-refractivity contribution is 7.12. The van der Waals surface area contributed by atoms with Crippen molar-refractivity contribution in [2.75, 3.05) is 6.54 Å². The van der Waals surface area contributed by atoms with Crippen molar-refractivity contribution in [2.24, 2.45) is 5.92 Å². The molecule has 0 spiro atoms. The van der Waals surface area contributed by atoms with Gasteiger partial charge in [-0.1, -0.05) is 19.9 Å². The second-order valence-electron chi connectivity index (χ2n) is 5.17. The van der Waals surface area contributed by atoms with Crippen LogP contribution in [0.2, 0.25) is 0 Å². The first-order chi connectivity index (χ1) is 10.0. The summed E-state index contributed by atoms with van der Waals surface area (Å²) in [5.41, 5.74) is 0.902. The topological polar surface area (TPSA) is 38.3 Å². The van der Waals surface area contributed by atoms with Crippen LogP contribution in [0.15, 0.2) is 35.7 Å². The Morgan fingerprint density at radius 3 is 2.90 bits per heavy atom. The Morgan fingerprint density at radius 2 is 2.19 bits per heavy atom. The van der Waals surface area contributed by atoms with Crippen molar-refractivity contribution in [1.29, 1.82) is 0 Å². The van der Waals surface area contributed by atoms with E-state index in [-0.39, 0.29) is 11.7 Å². The summed E-state index contributed by atoms with van der Waals surface area (Å²) in [5.74, 6) is 0.508. The third kappa shape index (κ3) is 4.86. The number of hydrogen-bond acceptors (Lipinski definition) is 3. The molecule has 3 nitrogen and oxygen atoms in total. The van der Waals surface area contributed by atoms with Crippen LogP contribution in [0.3, 0.4) is 0 Å². The molecular formula is C16H18FNO2S. The van der Waals surface area contributed by atoms with Gasteiger partial charge >= 0.3 is 0 Å². The highest BCUT2D eigenvalue weighted by Gasteiger charge is 2.09. The number of hydrogen-bond donors (Lipinski definition) is 1. The summed E-state index contributed by atoms with van der Waals surface area (Å²) in [7, 11) is 0. The Balaban J connectivity index is 1.89. The van der Waals surface area contributed by atoms with Gasteiger partial charge in [-0.15, -0.1) is 11.3 Å². The van der Waals surface area contributed by atoms with Crippen LogP contribution in [0.4, 0.5) is 4.39 Å². The van der Waals surface area contributed by atoms with Gasteiger partial charge in [-0.05, 0) is 29.5 Å². The average molecular weight is 307 g/mol. The number of carbonyl (C=O) groups excluding carboxylic acids is 1. The van der Waals surface area contributed by atoms with Gasteiger partial charge in [0.25, 0.3) is 5.91 Å². The predicted molar refractivity (Wildman–Crippen MR) is 82.2 cm³/mol. The molecule has 0 saturated carbocycles. The Hall–Kier alpha value is -1.88. The van der Waals surface area contributed by atoms with Crippen LogP contribution in [-0.4, -0.2) is 12.5 Å². The molecule has 1 aromatic heterocycles. The number of rotatable bonds is 6. The molecule has 0 saturated heterocycles. The molecule has 0 atom stereocenters. The van der Waals surface area contributed by atoms with Gasteiger partial charge in [-0.2, -0.15) is 0 Å². The Bertz CT molecular complexity index is 610. The monoisotopic (exact) mass is 307 g/mol. The first-order valence-electron chi connectivity index (χ1n) is 6.78. The minimum atomic E-state index is -0.327. The lowest BCUT2D eigenvalue weighted by Gasteiger charge is -2.06. The summed E-state index contributed by atoms with van der Waals surface area (Å²) in [6, 6.07) is 7.81. The standard InChI is InChI=1S/C16H18FNO2S/c1-11(2)8-18-16(19)15-6-12(10-21-15)9-20-14-5-3-4-13(17)7-14/h3-7,10-11H,8-9H2,1-2H3,(H,18,19). The minimum absolute atomic E-state index is 0.0642. The lowest BCUT2D eigenvalue weighted by Crippen LogP contribution is -2.26. The quantitative estimate of drug-likeness (QED) is 0.880. The molecular weight excluding hydrogens is 289 g/mol. The first-order valence-corrected chi connectivity index (χ1v) is 7.66. The SMILES string of the molecule is CC(C)CNC(=O)c1cc(COc2cccc(F)c2)cs1. The molecule has 0 aliphatic carbocycles. The Labute approximate surface area is 127 Å². The summed E-state index contributed by atoms with van der Waals surface area (Å²) in [4.78, 5) is 12.6. The maximum absolute atomic E-state index is 13.0. The van der Waals surface area contributed by atoms with Crippen molar-refractivity contribution in [3.05, 3.63) is 52.0 Å². The second-order valence-corrected chi connectivity index (χ2v) is 6.08. The third-order valence-corrected chi connectivity index (χ3v) is 3.73. The van der Waals surface area contributed by atoms with Gasteiger partial charge in [-0.25, -0.2) is 4.39 Å². The van der Waals surface area contributed by atoms with E-state index < -0.39 is 0 Å². The summed E-state index contributed by atoms with van der Waals surface area (Å²) in [5, 5.41) is 4.75. The number of benzene rings is 1. The maximum atomic E-state index is 13.0. The molecule has 1 amide bonds. The van der Waals surface area contributed by atoms with E-state index in [9.17, 15) is 9.18 Å². The second kappa shape index (κ2) is 7.22. The zero-order valence-corrected chi connectivity index (χ0v) is 12.9. The van der Waals surface area contributed by atoms with E-state index >= 15 is 0 Å². The van der Waals surface area contributed by atoms with E-state index in [2.05, 4.69) is 5.32 Å². The number of ether oxygens (including phenoxy) is 1. The van der Waals surface area contributed by atoms with E-state index in [0.717, 1.165) is 5.56 Å². The molecule has 0 bridgehead atoms. The number of nitrogens with one attached hydrogen (secondary N) is 1. The molecule has 1 aromatic carbocycles. The van der Waals surface area contributed by atoms with Crippen molar-refractivity contribution in [3.63, 3.8) is 0 Å². The lowest BCUT2D eigenvalue weighted by molar-refractivity contribution is 0.0953. The molecule has 112 valence electrons. The summed E-state index contributed by atoms with van der Waals surface area (Å²) in [6.07, 6.45) is 0. The van der Waals surface area contributed by atoms with Crippen LogP contribution < -0.4 is 10.1 Å². The smallest absolute Gasteiger partial charge is 0.261 e. The molecule has 0 aliphatic heterocycles. The predicted octanol–water partition coefficient (Wildman–Crippen LogP) is 3.85. The van der Waals surface area contributed by atoms with Crippen LogP contribution in [0.1, 0.15) is 29.1 Å². The average Bonchev–Trinajstić information content (AvgIpc) is 2.91. The summed E-state index contributed by atoms with van der Waals surface area (Å²) < 4.78 is 18.5. The van der Waals surface area contributed by atoms with Crippen LogP contribution in [-0.2, 0) is 6.61 Å². The molecule has 1 heterocycles. The first kappa shape index (κ1) is 15.5. The van der Waals surface area contributed by atoms with Crippen molar-refractivity contribution >= 4 is 17.2 Å². The van der Waals surface area contributed by atoms with Gasteiger partial charge in [0.2, 0.25) is 0 Å². The molecule has 5 heteroatoms. The summed E-state index contributed by atoms with van der Waals surface area (Å²) >= 11 is 1.38. The van der Waals surface area contributed by atoms with Crippen LogP contribution in [0, 0.1) is 11.7 Å². The van der Waals surface area contributed by atoms with Gasteiger partial charge in [0.05, 0.1) is 4.88 Å². The van der Waals surface area contributed by atoms with E-state index in [1.807, 2.05) is 19.2 Å². The Kier molecular flexibility index (Phi) is 5.33. The third-order valence-electron chi connectivity index (χ3n) is 2.75. The zero-order valence-electron chi connectivity index (χ0n) is 12.1. The number of thiophene rings is 1. The van der Waals surface area contributed by atoms with E-state index in [1.165, 1.54) is 23.5 Å². The van der Waals surface area contributed by atoms with Gasteiger partial charge in [0, 0.05) is 18.2 Å². The van der Waals surface area contributed by atoms with Gasteiger partial charge in [0.1, 0.15) is 18.2 Å². The fourth-order valence-electron chi connectivity index (χ4n) is 1.68. The molecule has 21 heavy (non-hydrogen) atoms. The minimum Gasteiger partial charge on any atom is -0.489 e. The largest absolute Gasteiger partial charge is 0.489 e. The van der Waals surface area contributed by atoms with Crippen molar-refractivity contribution < 1.29 is 13.9 Å². The number of carbonyl (C=O) groups is 1. The van der Waals surface area contributed by atoms with Crippen molar-refractivity contribution in [1.82, 2.24) is 5.32 Å². The molecule has 2 rings (SSSR count). The Morgan fingerprint density at radius 1 is 1.38 bits per heavy atom. The van der Waals surface area contributed by atoms with Gasteiger partial charge in [-0.3, -0.25) is 4.79 Å². The molecule has 0 fully saturated rings. The fraction of sp³-hybridized carbons (Fsp3) is 0.312. The number of amides is 1. The molecule has 0 aliphatic rings. The normalized spacial score (nSPS) is 10.7. The maximum Gasteiger partial charge on any atom is 0.261 e. The number of halogens is 1. The molecule has 2 aromatic rings. The van der Waals surface area contributed by atoms with E-state index in [0.29, 0.717) is 29.7 Å². The highest BCUT2D eigenvalue weighted by atomic mass is 32.1. The lowest BCUT2D eigenvalue weighted by atomic mass is 10.2. The van der Waals surface area contributed by atoms with E-state index in [4.69, 9.17) is 4.74 Å². The van der Waals surface area contributed by atoms with E-state index in [1.54, 1.807) is 18.2 Å². The van der Waals surface area contributed by atoms with Crippen molar-refractivity contribution in [3.8, 4) is 5.75 Å². The van der Waals surface area contributed by atoms with Crippen LogP contribution in [0.25, 0.3) is 0 Å². The molecule has 0 unspecified atom stereocenters. The molecule has 1 N–H and O–H groups in total. The summed E-state index contributed by atoms with van der Waals surface area (Å²) in [6.45, 7) is 5.07. The van der Waals surface area contributed by atoms with Crippen molar-refractivity contribution in [2.45, 2.75) is 20.5 Å². The fourth-order valence-corrected chi connectivity index (χ4v) is 2.49. The van der Waals surface area contributed by atoms with Crippen LogP contribution >= 0.6 is 11.3 Å². The van der Waals surface area contributed by atoms with Gasteiger partial charge in [0.15, 0.2) is 0 Å². The van der Waals surface area contributed by atoms with Gasteiger partial charge < -0.3 is 10.1 Å².